The Labute approximate surface area is 125 Å². The Morgan fingerprint density at radius 3 is 2.76 bits per heavy atom. The van der Waals surface area contributed by atoms with E-state index in [1.807, 2.05) is 32.0 Å². The Morgan fingerprint density at radius 1 is 1.43 bits per heavy atom. The summed E-state index contributed by atoms with van der Waals surface area (Å²) in [5, 5.41) is 11.5. The van der Waals surface area contributed by atoms with Crippen molar-refractivity contribution in [3.8, 4) is 0 Å². The van der Waals surface area contributed by atoms with E-state index in [0.717, 1.165) is 5.69 Å². The maximum Gasteiger partial charge on any atom is 0.317 e. The third-order valence-electron chi connectivity index (χ3n) is 3.15. The van der Waals surface area contributed by atoms with E-state index < -0.39 is 5.97 Å². The number of aliphatic carboxylic acids is 1. The second-order valence-electron chi connectivity index (χ2n) is 4.97. The van der Waals surface area contributed by atoms with E-state index in [2.05, 4.69) is 10.3 Å². The van der Waals surface area contributed by atoms with Gasteiger partial charge in [0.1, 0.15) is 0 Å². The van der Waals surface area contributed by atoms with Crippen LogP contribution in [0.15, 0.2) is 24.4 Å². The van der Waals surface area contributed by atoms with E-state index in [0.29, 0.717) is 25.9 Å². The lowest BCUT2D eigenvalue weighted by molar-refractivity contribution is -0.137. The van der Waals surface area contributed by atoms with Crippen molar-refractivity contribution >= 4 is 12.0 Å². The summed E-state index contributed by atoms with van der Waals surface area (Å²) in [6.07, 6.45) is 3.05. The Balaban J connectivity index is 2.42. The Morgan fingerprint density at radius 2 is 2.19 bits per heavy atom. The van der Waals surface area contributed by atoms with E-state index in [-0.39, 0.29) is 18.5 Å². The van der Waals surface area contributed by atoms with Crippen molar-refractivity contribution < 1.29 is 14.7 Å². The molecule has 1 aromatic rings. The van der Waals surface area contributed by atoms with Gasteiger partial charge in [-0.05, 0) is 38.8 Å². The van der Waals surface area contributed by atoms with Crippen LogP contribution < -0.4 is 5.32 Å². The largest absolute Gasteiger partial charge is 0.481 e. The van der Waals surface area contributed by atoms with Gasteiger partial charge in [-0.3, -0.25) is 9.78 Å². The molecule has 0 aromatic carbocycles. The maximum atomic E-state index is 12.2. The number of carbonyl (C=O) groups is 2. The van der Waals surface area contributed by atoms with Gasteiger partial charge < -0.3 is 15.3 Å². The van der Waals surface area contributed by atoms with Gasteiger partial charge in [-0.25, -0.2) is 4.79 Å². The number of amides is 2. The first-order valence-corrected chi connectivity index (χ1v) is 7.20. The maximum absolute atomic E-state index is 12.2. The highest BCUT2D eigenvalue weighted by atomic mass is 16.4. The van der Waals surface area contributed by atoms with Crippen molar-refractivity contribution in [1.82, 2.24) is 15.2 Å². The van der Waals surface area contributed by atoms with Crippen LogP contribution in [0, 0.1) is 0 Å². The first kappa shape index (κ1) is 16.9. The first-order valence-electron chi connectivity index (χ1n) is 7.20. The molecule has 0 aliphatic rings. The fourth-order valence-electron chi connectivity index (χ4n) is 1.95. The summed E-state index contributed by atoms with van der Waals surface area (Å²) >= 11 is 0. The first-order chi connectivity index (χ1) is 10.0. The third-order valence-corrected chi connectivity index (χ3v) is 3.15. The molecule has 1 atom stereocenters. The fraction of sp³-hybridized carbons (Fsp3) is 0.533. The van der Waals surface area contributed by atoms with Crippen LogP contribution in [0.5, 0.6) is 0 Å². The summed E-state index contributed by atoms with van der Waals surface area (Å²) in [6, 6.07) is 5.42. The minimum absolute atomic E-state index is 0.0466. The molecule has 6 heteroatoms. The van der Waals surface area contributed by atoms with Crippen molar-refractivity contribution in [3.05, 3.63) is 30.1 Å². The lowest BCUT2D eigenvalue weighted by atomic mass is 10.1. The Bertz CT molecular complexity index is 451. The second kappa shape index (κ2) is 8.94. The molecule has 0 fully saturated rings. The smallest absolute Gasteiger partial charge is 0.317 e. The molecule has 1 heterocycles. The lowest BCUT2D eigenvalue weighted by Crippen LogP contribution is -2.43. The average Bonchev–Trinajstić information content (AvgIpc) is 2.45. The molecule has 6 nitrogen and oxygen atoms in total. The molecule has 0 saturated heterocycles. The highest BCUT2D eigenvalue weighted by Crippen LogP contribution is 2.04. The molecule has 0 spiro atoms. The van der Waals surface area contributed by atoms with Crippen LogP contribution in [0.1, 0.15) is 38.8 Å². The van der Waals surface area contributed by atoms with Crippen LogP contribution in [0.4, 0.5) is 4.79 Å². The molecule has 1 aromatic heterocycles. The van der Waals surface area contributed by atoms with E-state index in [9.17, 15) is 9.59 Å². The van der Waals surface area contributed by atoms with Crippen LogP contribution in [0.25, 0.3) is 0 Å². The molecule has 1 unspecified atom stereocenters. The van der Waals surface area contributed by atoms with Crippen LogP contribution in [0.3, 0.4) is 0 Å². The predicted octanol–water partition coefficient (Wildman–Crippen LogP) is 2.26. The highest BCUT2D eigenvalue weighted by molar-refractivity contribution is 5.74. The summed E-state index contributed by atoms with van der Waals surface area (Å²) in [6.45, 7) is 4.85. The Kier molecular flexibility index (Phi) is 7.21. The van der Waals surface area contributed by atoms with Gasteiger partial charge in [0.15, 0.2) is 0 Å². The van der Waals surface area contributed by atoms with Crippen molar-refractivity contribution in [1.29, 1.82) is 0 Å². The molecule has 0 aliphatic carbocycles. The van der Waals surface area contributed by atoms with Gasteiger partial charge in [-0.2, -0.15) is 0 Å². The molecule has 0 radical (unpaired) electrons. The number of nitrogens with zero attached hydrogens (tertiary/aromatic N) is 2. The minimum Gasteiger partial charge on any atom is -0.481 e. The fourth-order valence-corrected chi connectivity index (χ4v) is 1.95. The molecule has 2 N–H and O–H groups in total. The van der Waals surface area contributed by atoms with Crippen molar-refractivity contribution in [2.45, 2.75) is 45.7 Å². The predicted molar refractivity (Wildman–Crippen MR) is 79.8 cm³/mol. The van der Waals surface area contributed by atoms with Gasteiger partial charge >= 0.3 is 12.0 Å². The molecule has 1 rings (SSSR count). The summed E-state index contributed by atoms with van der Waals surface area (Å²) in [4.78, 5) is 28.5. The SMILES string of the molecule is CCN(Cc1ccccn1)C(=O)NC(C)CCCC(=O)O. The summed E-state index contributed by atoms with van der Waals surface area (Å²) in [5.74, 6) is -0.807. The summed E-state index contributed by atoms with van der Waals surface area (Å²) in [5.41, 5.74) is 0.841. The van der Waals surface area contributed by atoms with Crippen molar-refractivity contribution in [3.63, 3.8) is 0 Å². The molecular formula is C15H23N3O3. The molecule has 0 saturated carbocycles. The zero-order valence-corrected chi connectivity index (χ0v) is 12.6. The van der Waals surface area contributed by atoms with Gasteiger partial charge in [-0.15, -0.1) is 0 Å². The second-order valence-corrected chi connectivity index (χ2v) is 4.97. The van der Waals surface area contributed by atoms with Crippen LogP contribution in [0.2, 0.25) is 0 Å². The van der Waals surface area contributed by atoms with E-state index in [1.54, 1.807) is 11.1 Å². The number of carboxylic acids is 1. The summed E-state index contributed by atoms with van der Waals surface area (Å²) in [7, 11) is 0. The Hall–Kier alpha value is -2.11. The number of nitrogens with one attached hydrogen (secondary N) is 1. The zero-order chi connectivity index (χ0) is 15.7. The minimum atomic E-state index is -0.807. The number of hydrogen-bond donors (Lipinski definition) is 2. The van der Waals surface area contributed by atoms with Gasteiger partial charge in [0.05, 0.1) is 12.2 Å². The number of carboxylic acid groups (broad SMARTS) is 1. The van der Waals surface area contributed by atoms with Crippen LogP contribution in [-0.4, -0.2) is 39.6 Å². The average molecular weight is 293 g/mol. The van der Waals surface area contributed by atoms with E-state index >= 15 is 0 Å². The number of pyridine rings is 1. The molecule has 116 valence electrons. The topological polar surface area (TPSA) is 82.5 Å². The highest BCUT2D eigenvalue weighted by Gasteiger charge is 2.15. The molecule has 2 amide bonds. The third kappa shape index (κ3) is 6.74. The van der Waals surface area contributed by atoms with Gasteiger partial charge in [-0.1, -0.05) is 6.07 Å². The van der Waals surface area contributed by atoms with Crippen LogP contribution in [-0.2, 0) is 11.3 Å². The van der Waals surface area contributed by atoms with Gasteiger partial charge in [0.25, 0.3) is 0 Å². The number of rotatable bonds is 8. The number of hydrogen-bond acceptors (Lipinski definition) is 3. The van der Waals surface area contributed by atoms with Crippen molar-refractivity contribution in [2.24, 2.45) is 0 Å². The number of carbonyl (C=O) groups excluding carboxylic acids is 1. The van der Waals surface area contributed by atoms with Gasteiger partial charge in [0, 0.05) is 25.2 Å². The monoisotopic (exact) mass is 293 g/mol. The molecule has 21 heavy (non-hydrogen) atoms. The zero-order valence-electron chi connectivity index (χ0n) is 12.6. The quantitative estimate of drug-likeness (QED) is 0.770. The number of aromatic nitrogens is 1. The normalized spacial score (nSPS) is 11.7. The van der Waals surface area contributed by atoms with E-state index in [1.165, 1.54) is 0 Å². The molecule has 0 aliphatic heterocycles. The number of urea groups is 1. The molecular weight excluding hydrogens is 270 g/mol. The van der Waals surface area contributed by atoms with Crippen LogP contribution >= 0.6 is 0 Å². The lowest BCUT2D eigenvalue weighted by Gasteiger charge is -2.23. The van der Waals surface area contributed by atoms with E-state index in [4.69, 9.17) is 5.11 Å². The van der Waals surface area contributed by atoms with Gasteiger partial charge in [0.2, 0.25) is 0 Å². The summed E-state index contributed by atoms with van der Waals surface area (Å²) < 4.78 is 0. The molecule has 0 bridgehead atoms. The standard InChI is InChI=1S/C15H23N3O3/c1-3-18(11-13-8-4-5-10-16-13)15(21)17-12(2)7-6-9-14(19)20/h4-5,8,10,12H,3,6-7,9,11H2,1-2H3,(H,17,21)(H,19,20). The van der Waals surface area contributed by atoms with Crippen molar-refractivity contribution in [2.75, 3.05) is 6.54 Å².